The Balaban J connectivity index is 1.01. The second kappa shape index (κ2) is 13.5. The number of aliphatic hydroxyl groups excluding tert-OH is 3. The summed E-state index contributed by atoms with van der Waals surface area (Å²) in [7, 11) is 0. The van der Waals surface area contributed by atoms with Gasteiger partial charge in [-0.1, -0.05) is 72.2 Å². The van der Waals surface area contributed by atoms with Gasteiger partial charge in [-0.05, 0) is 139 Å². The summed E-state index contributed by atoms with van der Waals surface area (Å²) >= 11 is 0. The number of allylic oxidation sites excluding steroid dienone is 2. The third kappa shape index (κ3) is 6.30. The number of phenols is 1. The van der Waals surface area contributed by atoms with E-state index >= 15 is 0 Å². The fourth-order valence-electron chi connectivity index (χ4n) is 13.3. The summed E-state index contributed by atoms with van der Waals surface area (Å²) in [5.41, 5.74) is 2.81. The Labute approximate surface area is 311 Å². The zero-order chi connectivity index (χ0) is 37.4. The Hall–Kier alpha value is -2.23. The van der Waals surface area contributed by atoms with Crippen LogP contribution in [0.25, 0.3) is 6.08 Å². The van der Waals surface area contributed by atoms with E-state index in [-0.39, 0.29) is 51.6 Å². The number of phenolic OH excluding ortho intramolecular Hbond substituents is 1. The molecule has 1 aromatic rings. The van der Waals surface area contributed by atoms with Crippen molar-refractivity contribution in [2.75, 3.05) is 6.61 Å². The maximum absolute atomic E-state index is 12.5. The van der Waals surface area contributed by atoms with Crippen LogP contribution in [0.15, 0.2) is 42.0 Å². The molecule has 5 aliphatic carbocycles. The monoisotopic (exact) mass is 720 g/mol. The highest BCUT2D eigenvalue weighted by atomic mass is 16.7. The van der Waals surface area contributed by atoms with E-state index in [2.05, 4.69) is 54.5 Å². The van der Waals surface area contributed by atoms with E-state index in [4.69, 9.17) is 14.2 Å². The molecule has 0 aromatic heterocycles. The van der Waals surface area contributed by atoms with Crippen molar-refractivity contribution in [2.24, 2.45) is 50.7 Å². The summed E-state index contributed by atoms with van der Waals surface area (Å²) in [5, 5.41) is 42.7. The molecule has 0 radical (unpaired) electrons. The molecule has 0 amide bonds. The molecule has 0 spiro atoms. The standard InChI is InChI=1S/C44H64O8/c1-40(2)31-15-11-27-24-42(5)21-18-32-41(3,4)35(20-23-44(32,7)33(42)16-14-29(27)43(31,6)22-19-34(40)46)52-39-38(49)37(48)30(25-50-39)51-36(47)17-10-26-8-12-28(45)13-9-26/h8-13,17,29-35,37-39,45-46,48-49H,14-16,18-25H2,1-7H3/t29-,30-,31-,32-,33-,34+,35-,37-,38+,39-,42-,43+,44-/m0/s1. The molecule has 52 heavy (non-hydrogen) atoms. The Morgan fingerprint density at radius 1 is 0.808 bits per heavy atom. The van der Waals surface area contributed by atoms with Crippen molar-refractivity contribution in [2.45, 2.75) is 149 Å². The third-order valence-electron chi connectivity index (χ3n) is 16.1. The molecular formula is C44H64O8. The van der Waals surface area contributed by atoms with Crippen LogP contribution < -0.4 is 0 Å². The molecule has 6 aliphatic rings. The van der Waals surface area contributed by atoms with Gasteiger partial charge in [-0.2, -0.15) is 0 Å². The number of carbonyl (C=O) groups excluding carboxylic acids is 1. The first-order valence-electron chi connectivity index (χ1n) is 20.1. The van der Waals surface area contributed by atoms with Crippen molar-refractivity contribution < 1.29 is 39.4 Å². The lowest BCUT2D eigenvalue weighted by Gasteiger charge is -2.64. The summed E-state index contributed by atoms with van der Waals surface area (Å²) in [5.74, 6) is 1.62. The number of carbonyl (C=O) groups is 1. The van der Waals surface area contributed by atoms with E-state index in [1.165, 1.54) is 43.9 Å². The molecule has 4 saturated carbocycles. The lowest BCUT2D eigenvalue weighted by molar-refractivity contribution is -0.307. The van der Waals surface area contributed by atoms with Crippen LogP contribution in [0.5, 0.6) is 5.75 Å². The number of fused-ring (bicyclic) bond motifs is 6. The number of benzene rings is 1. The van der Waals surface area contributed by atoms with E-state index in [1.54, 1.807) is 23.8 Å². The first kappa shape index (κ1) is 38.1. The number of ether oxygens (including phenoxy) is 3. The zero-order valence-corrected chi connectivity index (χ0v) is 32.5. The maximum atomic E-state index is 12.5. The van der Waals surface area contributed by atoms with Gasteiger partial charge in [0.25, 0.3) is 0 Å². The highest BCUT2D eigenvalue weighted by Crippen LogP contribution is 2.70. The summed E-state index contributed by atoms with van der Waals surface area (Å²) in [6.07, 6.45) is 11.3. The Bertz CT molecular complexity index is 1550. The molecule has 0 unspecified atom stereocenters. The van der Waals surface area contributed by atoms with E-state index in [9.17, 15) is 25.2 Å². The number of aliphatic hydroxyl groups is 3. The van der Waals surface area contributed by atoms with Gasteiger partial charge >= 0.3 is 5.97 Å². The van der Waals surface area contributed by atoms with Crippen molar-refractivity contribution in [1.29, 1.82) is 0 Å². The lowest BCUT2D eigenvalue weighted by Crippen LogP contribution is -2.61. The topological polar surface area (TPSA) is 126 Å². The van der Waals surface area contributed by atoms with E-state index in [0.29, 0.717) is 29.2 Å². The fourth-order valence-corrected chi connectivity index (χ4v) is 13.3. The number of aromatic hydroxyl groups is 1. The second-order valence-corrected chi connectivity index (χ2v) is 19.6. The molecule has 5 fully saturated rings. The van der Waals surface area contributed by atoms with Crippen LogP contribution >= 0.6 is 0 Å². The van der Waals surface area contributed by atoms with Crippen molar-refractivity contribution >= 4 is 12.0 Å². The molecule has 1 aliphatic heterocycles. The normalized spacial score (nSPS) is 45.4. The minimum absolute atomic E-state index is 0.0682. The molecule has 0 bridgehead atoms. The summed E-state index contributed by atoms with van der Waals surface area (Å²) < 4.78 is 18.0. The molecular weight excluding hydrogens is 656 g/mol. The zero-order valence-electron chi connectivity index (χ0n) is 32.5. The smallest absolute Gasteiger partial charge is 0.331 e. The van der Waals surface area contributed by atoms with E-state index < -0.39 is 30.6 Å². The van der Waals surface area contributed by atoms with Gasteiger partial charge < -0.3 is 34.6 Å². The van der Waals surface area contributed by atoms with Crippen LogP contribution in [-0.4, -0.2) is 69.8 Å². The van der Waals surface area contributed by atoms with Gasteiger partial charge in [0, 0.05) is 6.08 Å². The quantitative estimate of drug-likeness (QED) is 0.106. The SMILES string of the molecule is CC1(C)[C@@H](O[C@@H]2OC[C@H](OC(=O)C=Cc3ccc(O)cc3)[C@H](O)[C@H]2O)CC[C@@]2(C)[C@H]1CC[C@@]1(C)CC3=CC[C@H]4C(C)(C)[C@H](O)CC[C@]4(C)[C@H]3CC[C@@H]12. The second-order valence-electron chi connectivity index (χ2n) is 19.6. The molecule has 4 N–H and O–H groups in total. The van der Waals surface area contributed by atoms with Gasteiger partial charge in [-0.25, -0.2) is 4.79 Å². The van der Waals surface area contributed by atoms with Crippen LogP contribution in [0, 0.1) is 50.7 Å². The molecule has 13 atom stereocenters. The average molecular weight is 721 g/mol. The van der Waals surface area contributed by atoms with Crippen molar-refractivity contribution in [3.05, 3.63) is 47.6 Å². The molecule has 7 rings (SSSR count). The van der Waals surface area contributed by atoms with Gasteiger partial charge in [0.05, 0.1) is 18.8 Å². The van der Waals surface area contributed by atoms with Gasteiger partial charge in [0.1, 0.15) is 18.0 Å². The molecule has 1 aromatic carbocycles. The van der Waals surface area contributed by atoms with Gasteiger partial charge in [0.15, 0.2) is 12.4 Å². The van der Waals surface area contributed by atoms with Crippen LogP contribution in [-0.2, 0) is 19.0 Å². The highest BCUT2D eigenvalue weighted by Gasteiger charge is 2.64. The summed E-state index contributed by atoms with van der Waals surface area (Å²) in [6, 6.07) is 6.39. The number of hydrogen-bond donors (Lipinski definition) is 4. The Morgan fingerprint density at radius 2 is 1.52 bits per heavy atom. The average Bonchev–Trinajstić information content (AvgIpc) is 3.24. The molecule has 8 heteroatoms. The predicted molar refractivity (Wildman–Crippen MR) is 200 cm³/mol. The van der Waals surface area contributed by atoms with Crippen LogP contribution in [0.3, 0.4) is 0 Å². The Morgan fingerprint density at radius 3 is 2.25 bits per heavy atom. The minimum Gasteiger partial charge on any atom is -0.508 e. The number of esters is 1. The van der Waals surface area contributed by atoms with Gasteiger partial charge in [-0.3, -0.25) is 0 Å². The first-order valence-corrected chi connectivity index (χ1v) is 20.1. The predicted octanol–water partition coefficient (Wildman–Crippen LogP) is 7.57. The Kier molecular flexibility index (Phi) is 9.89. The van der Waals surface area contributed by atoms with Gasteiger partial charge in [0.2, 0.25) is 0 Å². The first-order chi connectivity index (χ1) is 24.4. The van der Waals surface area contributed by atoms with Crippen LogP contribution in [0.4, 0.5) is 0 Å². The van der Waals surface area contributed by atoms with Crippen molar-refractivity contribution in [3.8, 4) is 5.75 Å². The molecule has 288 valence electrons. The molecule has 8 nitrogen and oxygen atoms in total. The minimum atomic E-state index is -1.36. The lowest BCUT2D eigenvalue weighted by atomic mass is 9.42. The number of rotatable bonds is 5. The third-order valence-corrected chi connectivity index (χ3v) is 16.1. The largest absolute Gasteiger partial charge is 0.508 e. The highest BCUT2D eigenvalue weighted by molar-refractivity contribution is 5.87. The van der Waals surface area contributed by atoms with E-state index in [0.717, 1.165) is 38.5 Å². The van der Waals surface area contributed by atoms with Crippen molar-refractivity contribution in [3.63, 3.8) is 0 Å². The van der Waals surface area contributed by atoms with Crippen LogP contribution in [0.2, 0.25) is 0 Å². The van der Waals surface area contributed by atoms with E-state index in [1.807, 2.05) is 0 Å². The molecule has 1 saturated heterocycles. The fraction of sp³-hybridized carbons (Fsp3) is 0.750. The van der Waals surface area contributed by atoms with Crippen molar-refractivity contribution in [1.82, 2.24) is 0 Å². The summed E-state index contributed by atoms with van der Waals surface area (Å²) in [4.78, 5) is 12.5. The van der Waals surface area contributed by atoms with Crippen LogP contribution in [0.1, 0.15) is 118 Å². The summed E-state index contributed by atoms with van der Waals surface area (Å²) in [6.45, 7) is 16.9. The number of hydrogen-bond acceptors (Lipinski definition) is 8. The molecule has 1 heterocycles. The van der Waals surface area contributed by atoms with Gasteiger partial charge in [-0.15, -0.1) is 0 Å². The maximum Gasteiger partial charge on any atom is 0.331 e.